The lowest BCUT2D eigenvalue weighted by Crippen LogP contribution is -2.17. The van der Waals surface area contributed by atoms with Gasteiger partial charge in [-0.15, -0.1) is 0 Å². The highest BCUT2D eigenvalue weighted by Gasteiger charge is 2.18. The summed E-state index contributed by atoms with van der Waals surface area (Å²) in [5.74, 6) is 0.583. The molecule has 1 N–H and O–H groups in total. The minimum Gasteiger partial charge on any atom is -0.508 e. The maximum absolute atomic E-state index is 12.4. The van der Waals surface area contributed by atoms with Crippen molar-refractivity contribution in [3.8, 4) is 28.6 Å². The normalized spacial score (nSPS) is 11.0. The molecule has 0 aliphatic heterocycles. The Morgan fingerprint density at radius 1 is 1.07 bits per heavy atom. The average molecular weight is 410 g/mol. The van der Waals surface area contributed by atoms with Crippen LogP contribution in [0.2, 0.25) is 0 Å². The molecule has 9 nitrogen and oxygen atoms in total. The highest BCUT2D eigenvalue weighted by Crippen LogP contribution is 2.32. The number of hydrogen-bond acceptors (Lipinski definition) is 8. The van der Waals surface area contributed by atoms with Gasteiger partial charge in [0.05, 0.1) is 20.8 Å². The molecule has 2 aromatic carbocycles. The van der Waals surface area contributed by atoms with Gasteiger partial charge in [0.25, 0.3) is 0 Å². The molecule has 2 heterocycles. The third-order valence-corrected chi connectivity index (χ3v) is 4.87. The van der Waals surface area contributed by atoms with Gasteiger partial charge in [-0.05, 0) is 42.8 Å². The Bertz CT molecular complexity index is 1360. The zero-order chi connectivity index (χ0) is 21.4. The second-order valence-electron chi connectivity index (χ2n) is 6.61. The van der Waals surface area contributed by atoms with Crippen LogP contribution in [0.15, 0.2) is 54.9 Å². The van der Waals surface area contributed by atoms with Crippen LogP contribution in [-0.2, 0) is 6.54 Å². The van der Waals surface area contributed by atoms with Crippen molar-refractivity contribution in [1.29, 1.82) is 0 Å². The number of hydrogen-bond donors (Lipinski definition) is 1. The van der Waals surface area contributed by atoms with Crippen molar-refractivity contribution in [3.05, 3.63) is 68.5 Å². The lowest BCUT2D eigenvalue weighted by atomic mass is 10.1. The van der Waals surface area contributed by atoms with E-state index in [4.69, 9.17) is 18.4 Å². The van der Waals surface area contributed by atoms with Crippen molar-refractivity contribution >= 4 is 11.0 Å². The molecule has 0 aliphatic rings. The largest absolute Gasteiger partial charge is 0.508 e. The number of aromatic hydroxyl groups is 1. The number of nitrogens with zero attached hydrogens (tertiary/aromatic N) is 2. The van der Waals surface area contributed by atoms with Gasteiger partial charge in [-0.25, -0.2) is 9.59 Å². The number of ether oxygens (including phenoxy) is 2. The van der Waals surface area contributed by atoms with Gasteiger partial charge in [0.1, 0.15) is 11.3 Å². The van der Waals surface area contributed by atoms with Gasteiger partial charge in [-0.3, -0.25) is 9.09 Å². The molecule has 0 aliphatic carbocycles. The van der Waals surface area contributed by atoms with Crippen molar-refractivity contribution in [2.24, 2.45) is 0 Å². The maximum Gasteiger partial charge on any atom is 0.442 e. The Kier molecular flexibility index (Phi) is 4.78. The number of fused-ring (bicyclic) bond motifs is 1. The third kappa shape index (κ3) is 3.20. The summed E-state index contributed by atoms with van der Waals surface area (Å²) in [4.78, 5) is 24.5. The van der Waals surface area contributed by atoms with E-state index in [0.29, 0.717) is 33.6 Å². The van der Waals surface area contributed by atoms with Gasteiger partial charge in [0.2, 0.25) is 0 Å². The molecule has 2 aromatic heterocycles. The van der Waals surface area contributed by atoms with E-state index < -0.39 is 11.4 Å². The summed E-state index contributed by atoms with van der Waals surface area (Å²) in [5, 5.41) is 14.4. The number of benzene rings is 2. The Labute approximate surface area is 169 Å². The monoisotopic (exact) mass is 410 g/mol. The number of rotatable bonds is 5. The van der Waals surface area contributed by atoms with Crippen LogP contribution in [0.4, 0.5) is 0 Å². The first-order valence-corrected chi connectivity index (χ1v) is 8.97. The zero-order valence-corrected chi connectivity index (χ0v) is 16.5. The third-order valence-electron chi connectivity index (χ3n) is 4.87. The summed E-state index contributed by atoms with van der Waals surface area (Å²) >= 11 is 0. The molecule has 0 atom stereocenters. The van der Waals surface area contributed by atoms with Crippen LogP contribution in [0.1, 0.15) is 11.1 Å². The second-order valence-corrected chi connectivity index (χ2v) is 6.61. The van der Waals surface area contributed by atoms with E-state index in [1.54, 1.807) is 31.2 Å². The molecular formula is C21H18N2O7. The van der Waals surface area contributed by atoms with Crippen LogP contribution in [0.3, 0.4) is 0 Å². The molecule has 0 fully saturated rings. The fourth-order valence-corrected chi connectivity index (χ4v) is 3.31. The number of aromatic nitrogens is 2. The summed E-state index contributed by atoms with van der Waals surface area (Å²) in [6, 6.07) is 9.52. The Balaban J connectivity index is 1.86. The van der Waals surface area contributed by atoms with Crippen LogP contribution >= 0.6 is 0 Å². The van der Waals surface area contributed by atoms with E-state index in [-0.39, 0.29) is 23.7 Å². The Morgan fingerprint density at radius 3 is 2.57 bits per heavy atom. The molecule has 0 radical (unpaired) electrons. The van der Waals surface area contributed by atoms with Gasteiger partial charge >= 0.3 is 11.4 Å². The Morgan fingerprint density at radius 2 is 1.83 bits per heavy atom. The van der Waals surface area contributed by atoms with Gasteiger partial charge < -0.3 is 19.0 Å². The first kappa shape index (κ1) is 19.3. The molecule has 4 aromatic rings. The number of phenols is 1. The highest BCUT2D eigenvalue weighted by atomic mass is 16.5. The average Bonchev–Trinajstić information content (AvgIpc) is 3.10. The van der Waals surface area contributed by atoms with Crippen LogP contribution in [-0.4, -0.2) is 29.0 Å². The van der Waals surface area contributed by atoms with Gasteiger partial charge in [0, 0.05) is 22.6 Å². The quantitative estimate of drug-likeness (QED) is 0.499. The van der Waals surface area contributed by atoms with E-state index in [2.05, 4.69) is 5.16 Å². The minimum absolute atomic E-state index is 0.0101. The number of methoxy groups -OCH3 is 2. The SMILES string of the molecule is COc1ccc(-c2noc(=O)n2Cc2cc(=O)oc3c(C)c(O)ccc23)cc1OC. The van der Waals surface area contributed by atoms with Crippen molar-refractivity contribution in [2.75, 3.05) is 14.2 Å². The standard InChI is InChI=1S/C21H18N2O7/c1-11-15(24)6-5-14-13(9-18(25)29-19(11)14)10-23-20(22-30-21(23)26)12-4-7-16(27-2)17(8-12)28-3/h4-9,24H,10H2,1-3H3. The molecule has 4 rings (SSSR count). The minimum atomic E-state index is -0.684. The molecule has 0 saturated carbocycles. The Hall–Kier alpha value is -4.01. The lowest BCUT2D eigenvalue weighted by molar-refractivity contribution is 0.355. The summed E-state index contributed by atoms with van der Waals surface area (Å²) in [7, 11) is 3.03. The fraction of sp³-hybridized carbons (Fsp3) is 0.190. The molecule has 154 valence electrons. The zero-order valence-electron chi connectivity index (χ0n) is 16.5. The van der Waals surface area contributed by atoms with Crippen LogP contribution in [0.5, 0.6) is 17.2 Å². The van der Waals surface area contributed by atoms with Crippen molar-refractivity contribution in [3.63, 3.8) is 0 Å². The summed E-state index contributed by atoms with van der Waals surface area (Å²) in [6.07, 6.45) is 0. The van der Waals surface area contributed by atoms with Crippen molar-refractivity contribution in [1.82, 2.24) is 9.72 Å². The van der Waals surface area contributed by atoms with Crippen LogP contribution in [0.25, 0.3) is 22.4 Å². The summed E-state index contributed by atoms with van der Waals surface area (Å²) < 4.78 is 22.0. The smallest absolute Gasteiger partial charge is 0.442 e. The van der Waals surface area contributed by atoms with Gasteiger partial charge in [-0.2, -0.15) is 0 Å². The van der Waals surface area contributed by atoms with E-state index in [0.717, 1.165) is 0 Å². The predicted molar refractivity (Wildman–Crippen MR) is 107 cm³/mol. The maximum atomic E-state index is 12.4. The van der Waals surface area contributed by atoms with E-state index in [1.165, 1.54) is 30.9 Å². The number of aryl methyl sites for hydroxylation is 1. The molecule has 0 bridgehead atoms. The van der Waals surface area contributed by atoms with Gasteiger partial charge in [0.15, 0.2) is 17.3 Å². The predicted octanol–water partition coefficient (Wildman–Crippen LogP) is 2.69. The van der Waals surface area contributed by atoms with Crippen molar-refractivity contribution in [2.45, 2.75) is 13.5 Å². The molecule has 0 saturated heterocycles. The number of phenolic OH excluding ortho intramolecular Hbond substituents is 1. The summed E-state index contributed by atoms with van der Waals surface area (Å²) in [6.45, 7) is 1.66. The highest BCUT2D eigenvalue weighted by molar-refractivity contribution is 5.84. The fourth-order valence-electron chi connectivity index (χ4n) is 3.31. The topological polar surface area (TPSA) is 117 Å². The molecule has 30 heavy (non-hydrogen) atoms. The molecule has 0 unspecified atom stereocenters. The van der Waals surface area contributed by atoms with E-state index in [1.807, 2.05) is 0 Å². The molecule has 0 amide bonds. The molecule has 9 heteroatoms. The molecule has 0 spiro atoms. The van der Waals surface area contributed by atoms with Crippen LogP contribution in [0, 0.1) is 6.92 Å². The molecular weight excluding hydrogens is 392 g/mol. The summed E-state index contributed by atoms with van der Waals surface area (Å²) in [5.41, 5.74) is 1.19. The van der Waals surface area contributed by atoms with Crippen LogP contribution < -0.4 is 20.9 Å². The first-order valence-electron chi connectivity index (χ1n) is 8.97. The van der Waals surface area contributed by atoms with Gasteiger partial charge in [-0.1, -0.05) is 5.16 Å². The lowest BCUT2D eigenvalue weighted by Gasteiger charge is -2.11. The van der Waals surface area contributed by atoms with E-state index >= 15 is 0 Å². The van der Waals surface area contributed by atoms with E-state index in [9.17, 15) is 14.7 Å². The first-order chi connectivity index (χ1) is 14.4. The second kappa shape index (κ2) is 7.43. The van der Waals surface area contributed by atoms with Crippen molar-refractivity contribution < 1.29 is 23.5 Å².